The molecule has 0 saturated carbocycles. The zero-order valence-corrected chi connectivity index (χ0v) is 19.2. The average molecular weight is 497 g/mol. The van der Waals surface area contributed by atoms with E-state index in [0.717, 1.165) is 23.7 Å². The summed E-state index contributed by atoms with van der Waals surface area (Å²) < 4.78 is 39.4. The number of halogens is 1. The van der Waals surface area contributed by atoms with Crippen molar-refractivity contribution >= 4 is 37.5 Å². The third-order valence-electron chi connectivity index (χ3n) is 4.66. The second-order valence-corrected chi connectivity index (χ2v) is 9.70. The highest BCUT2D eigenvalue weighted by molar-refractivity contribution is 9.10. The van der Waals surface area contributed by atoms with Gasteiger partial charge in [0.25, 0.3) is 5.91 Å². The Bertz CT molecular complexity index is 973. The molecule has 0 unspecified atom stereocenters. The Morgan fingerprint density at radius 3 is 2.43 bits per heavy atom. The molecule has 1 amide bonds. The summed E-state index contributed by atoms with van der Waals surface area (Å²) >= 11 is 3.34. The van der Waals surface area contributed by atoms with Crippen LogP contribution < -0.4 is 14.8 Å². The van der Waals surface area contributed by atoms with Crippen LogP contribution in [0, 0.1) is 0 Å². The first-order chi connectivity index (χ1) is 14.4. The number of ether oxygens (including phenoxy) is 2. The summed E-state index contributed by atoms with van der Waals surface area (Å²) in [6.45, 7) is 3.02. The number of piperidine rings is 1. The first-order valence-electron chi connectivity index (χ1n) is 9.85. The summed E-state index contributed by atoms with van der Waals surface area (Å²) in [6.07, 6.45) is 2.75. The second-order valence-electron chi connectivity index (χ2n) is 6.85. The lowest BCUT2D eigenvalue weighted by Crippen LogP contribution is -2.35. The fourth-order valence-corrected chi connectivity index (χ4v) is 4.98. The van der Waals surface area contributed by atoms with Crippen molar-refractivity contribution in [1.82, 2.24) is 4.31 Å². The summed E-state index contributed by atoms with van der Waals surface area (Å²) in [7, 11) is -3.62. The molecule has 1 N–H and O–H groups in total. The van der Waals surface area contributed by atoms with E-state index >= 15 is 0 Å². The third kappa shape index (κ3) is 5.74. The fraction of sp³-hybridized carbons (Fsp3) is 0.381. The smallest absolute Gasteiger partial charge is 0.262 e. The van der Waals surface area contributed by atoms with Gasteiger partial charge in [0.2, 0.25) is 10.0 Å². The molecule has 1 aliphatic rings. The maximum atomic E-state index is 13.0. The number of benzene rings is 2. The van der Waals surface area contributed by atoms with Crippen LogP contribution in [-0.4, -0.2) is 44.9 Å². The number of sulfonamides is 1. The van der Waals surface area contributed by atoms with Gasteiger partial charge in [-0.1, -0.05) is 22.4 Å². The molecule has 0 aliphatic carbocycles. The minimum Gasteiger partial charge on any atom is -0.492 e. The van der Waals surface area contributed by atoms with Crippen molar-refractivity contribution in [2.45, 2.75) is 31.1 Å². The van der Waals surface area contributed by atoms with Gasteiger partial charge in [0.15, 0.2) is 6.61 Å². The molecule has 1 heterocycles. The topological polar surface area (TPSA) is 84.9 Å². The standard InChI is InChI=1S/C21H25BrN2O5S/c1-2-28-20-11-10-18(30(26,27)24-12-4-3-5-13-24)14-19(20)23-21(25)15-29-17-8-6-16(22)7-9-17/h6-11,14H,2-5,12-13,15H2,1H3,(H,23,25). The first-order valence-corrected chi connectivity index (χ1v) is 12.1. The van der Waals surface area contributed by atoms with Crippen LogP contribution in [0.4, 0.5) is 5.69 Å². The summed E-state index contributed by atoms with van der Waals surface area (Å²) in [5.74, 6) is 0.554. The van der Waals surface area contributed by atoms with E-state index in [0.29, 0.717) is 36.9 Å². The highest BCUT2D eigenvalue weighted by atomic mass is 79.9. The highest BCUT2D eigenvalue weighted by Gasteiger charge is 2.27. The van der Waals surface area contributed by atoms with Gasteiger partial charge in [-0.25, -0.2) is 8.42 Å². The van der Waals surface area contributed by atoms with Crippen molar-refractivity contribution in [1.29, 1.82) is 0 Å². The van der Waals surface area contributed by atoms with Gasteiger partial charge in [-0.05, 0) is 62.2 Å². The number of hydrogen-bond acceptors (Lipinski definition) is 5. The van der Waals surface area contributed by atoms with E-state index < -0.39 is 15.9 Å². The monoisotopic (exact) mass is 496 g/mol. The van der Waals surface area contributed by atoms with Crippen molar-refractivity contribution in [3.63, 3.8) is 0 Å². The number of carbonyl (C=O) groups is 1. The molecule has 7 nitrogen and oxygen atoms in total. The molecule has 3 rings (SSSR count). The van der Waals surface area contributed by atoms with Crippen LogP contribution in [0.3, 0.4) is 0 Å². The Morgan fingerprint density at radius 1 is 1.07 bits per heavy atom. The van der Waals surface area contributed by atoms with Gasteiger partial charge in [-0.15, -0.1) is 0 Å². The molecule has 0 atom stereocenters. The molecule has 2 aromatic rings. The van der Waals surface area contributed by atoms with E-state index in [1.165, 1.54) is 16.4 Å². The number of rotatable bonds is 8. The van der Waals surface area contributed by atoms with Crippen LogP contribution in [0.25, 0.3) is 0 Å². The zero-order valence-electron chi connectivity index (χ0n) is 16.8. The summed E-state index contributed by atoms with van der Waals surface area (Å²) in [6, 6.07) is 11.7. The Morgan fingerprint density at radius 2 is 1.77 bits per heavy atom. The molecular formula is C21H25BrN2O5S. The maximum Gasteiger partial charge on any atom is 0.262 e. The Hall–Kier alpha value is -2.10. The van der Waals surface area contributed by atoms with E-state index in [1.54, 1.807) is 18.2 Å². The highest BCUT2D eigenvalue weighted by Crippen LogP contribution is 2.30. The van der Waals surface area contributed by atoms with Crippen molar-refractivity contribution in [2.75, 3.05) is 31.6 Å². The molecule has 1 aliphatic heterocycles. The van der Waals surface area contributed by atoms with Gasteiger partial charge in [-0.2, -0.15) is 4.31 Å². The zero-order chi connectivity index (χ0) is 21.6. The van der Waals surface area contributed by atoms with Crippen molar-refractivity contribution in [2.24, 2.45) is 0 Å². The van der Waals surface area contributed by atoms with Gasteiger partial charge in [0.1, 0.15) is 11.5 Å². The van der Waals surface area contributed by atoms with Crippen LogP contribution in [0.15, 0.2) is 51.8 Å². The number of amides is 1. The molecule has 0 bridgehead atoms. The third-order valence-corrected chi connectivity index (χ3v) is 7.08. The molecule has 162 valence electrons. The molecule has 1 saturated heterocycles. The minimum atomic E-state index is -3.62. The molecule has 2 aromatic carbocycles. The van der Waals surface area contributed by atoms with E-state index in [1.807, 2.05) is 19.1 Å². The van der Waals surface area contributed by atoms with Gasteiger partial charge in [0.05, 0.1) is 17.2 Å². The lowest BCUT2D eigenvalue weighted by atomic mass is 10.2. The number of hydrogen-bond donors (Lipinski definition) is 1. The first kappa shape index (κ1) is 22.6. The summed E-state index contributed by atoms with van der Waals surface area (Å²) in [5, 5.41) is 2.71. The molecular weight excluding hydrogens is 472 g/mol. The Balaban J connectivity index is 1.75. The fourth-order valence-electron chi connectivity index (χ4n) is 3.17. The summed E-state index contributed by atoms with van der Waals surface area (Å²) in [5.41, 5.74) is 0.305. The number of carbonyl (C=O) groups excluding carboxylic acids is 1. The van der Waals surface area contributed by atoms with Gasteiger partial charge < -0.3 is 14.8 Å². The van der Waals surface area contributed by atoms with Crippen molar-refractivity contribution < 1.29 is 22.7 Å². The predicted molar refractivity (Wildman–Crippen MR) is 118 cm³/mol. The van der Waals surface area contributed by atoms with Gasteiger partial charge >= 0.3 is 0 Å². The number of nitrogens with zero attached hydrogens (tertiary/aromatic N) is 1. The van der Waals surface area contributed by atoms with Crippen LogP contribution in [0.2, 0.25) is 0 Å². The second kappa shape index (κ2) is 10.3. The molecule has 0 spiro atoms. The number of nitrogens with one attached hydrogen (secondary N) is 1. The van der Waals surface area contributed by atoms with E-state index in [9.17, 15) is 13.2 Å². The number of anilines is 1. The maximum absolute atomic E-state index is 13.0. The van der Waals surface area contributed by atoms with Crippen molar-refractivity contribution in [3.05, 3.63) is 46.9 Å². The van der Waals surface area contributed by atoms with Crippen LogP contribution >= 0.6 is 15.9 Å². The van der Waals surface area contributed by atoms with Crippen LogP contribution in [0.5, 0.6) is 11.5 Å². The normalized spacial score (nSPS) is 14.9. The molecule has 9 heteroatoms. The minimum absolute atomic E-state index is 0.136. The average Bonchev–Trinajstić information content (AvgIpc) is 2.75. The Labute approximate surface area is 185 Å². The predicted octanol–water partition coefficient (Wildman–Crippen LogP) is 4.04. The lowest BCUT2D eigenvalue weighted by molar-refractivity contribution is -0.118. The molecule has 0 aromatic heterocycles. The lowest BCUT2D eigenvalue weighted by Gasteiger charge is -2.26. The quantitative estimate of drug-likeness (QED) is 0.595. The van der Waals surface area contributed by atoms with Crippen LogP contribution in [0.1, 0.15) is 26.2 Å². The van der Waals surface area contributed by atoms with Gasteiger partial charge in [0, 0.05) is 17.6 Å². The van der Waals surface area contributed by atoms with E-state index in [2.05, 4.69) is 21.2 Å². The van der Waals surface area contributed by atoms with Gasteiger partial charge in [-0.3, -0.25) is 4.79 Å². The van der Waals surface area contributed by atoms with E-state index in [-0.39, 0.29) is 11.5 Å². The van der Waals surface area contributed by atoms with Crippen LogP contribution in [-0.2, 0) is 14.8 Å². The molecule has 1 fully saturated rings. The largest absolute Gasteiger partial charge is 0.492 e. The molecule has 0 radical (unpaired) electrons. The Kier molecular flexibility index (Phi) is 7.74. The van der Waals surface area contributed by atoms with Crippen molar-refractivity contribution in [3.8, 4) is 11.5 Å². The van der Waals surface area contributed by atoms with E-state index in [4.69, 9.17) is 9.47 Å². The molecule has 30 heavy (non-hydrogen) atoms. The SMILES string of the molecule is CCOc1ccc(S(=O)(=O)N2CCCCC2)cc1NC(=O)COc1ccc(Br)cc1. The summed E-state index contributed by atoms with van der Waals surface area (Å²) in [4.78, 5) is 12.5.